The minimum Gasteiger partial charge on any atom is -0.456 e. The summed E-state index contributed by atoms with van der Waals surface area (Å²) in [5.41, 5.74) is 13.5. The second-order valence-electron chi connectivity index (χ2n) is 14.0. The zero-order valence-corrected chi connectivity index (χ0v) is 28.5. The van der Waals surface area contributed by atoms with Crippen molar-refractivity contribution < 1.29 is 4.42 Å². The van der Waals surface area contributed by atoms with Crippen LogP contribution >= 0.6 is 0 Å². The van der Waals surface area contributed by atoms with Gasteiger partial charge in [-0.2, -0.15) is 0 Å². The Bertz CT molecular complexity index is 2760. The van der Waals surface area contributed by atoms with Gasteiger partial charge in [-0.05, 0) is 86.1 Å². The number of rotatable bonds is 5. The molecule has 0 unspecified atom stereocenters. The average molecular weight is 655 g/mol. The fourth-order valence-electron chi connectivity index (χ4n) is 8.07. The summed E-state index contributed by atoms with van der Waals surface area (Å²) in [4.78, 5) is 7.51. The summed E-state index contributed by atoms with van der Waals surface area (Å²) in [5, 5.41) is 4.42. The van der Waals surface area contributed by atoms with Crippen molar-refractivity contribution in [3.8, 4) is 33.4 Å². The number of fused-ring (bicyclic) bond motifs is 7. The van der Waals surface area contributed by atoms with Crippen LogP contribution in [0.2, 0.25) is 0 Å². The number of hydrogen-bond donors (Lipinski definition) is 0. The molecule has 242 valence electrons. The fourth-order valence-corrected chi connectivity index (χ4v) is 8.07. The van der Waals surface area contributed by atoms with Crippen LogP contribution in [0.25, 0.3) is 66.1 Å². The normalized spacial score (nSPS) is 13.1. The first-order valence-electron chi connectivity index (χ1n) is 17.5. The van der Waals surface area contributed by atoms with Crippen molar-refractivity contribution in [3.63, 3.8) is 0 Å². The van der Waals surface area contributed by atoms with Crippen LogP contribution in [0.1, 0.15) is 25.0 Å². The molecule has 0 fully saturated rings. The predicted octanol–water partition coefficient (Wildman–Crippen LogP) is 13.2. The standard InChI is InChI=1S/C48H34N2O/c1-48(2)42-20-12-11-19-37(42)39-28-44(38(27-43(39)48)33-15-7-4-8-16-33)50(36-23-21-32(22-24-36)31-13-5-3-6-14-31)47-29-46-41(30-49-47)40-25-34-17-9-10-18-35(34)26-45(40)51-46/h3-30H,1-2H3. The number of hydrogen-bond acceptors (Lipinski definition) is 3. The smallest absolute Gasteiger partial charge is 0.141 e. The summed E-state index contributed by atoms with van der Waals surface area (Å²) in [6, 6.07) is 58.6. The number of pyridine rings is 1. The molecule has 1 aliphatic rings. The zero-order chi connectivity index (χ0) is 34.1. The number of furan rings is 1. The van der Waals surface area contributed by atoms with Gasteiger partial charge < -0.3 is 4.42 Å². The summed E-state index contributed by atoms with van der Waals surface area (Å²) in [6.45, 7) is 4.68. The molecular formula is C48H34N2O. The van der Waals surface area contributed by atoms with Crippen LogP contribution in [0.4, 0.5) is 17.2 Å². The molecule has 3 nitrogen and oxygen atoms in total. The third-order valence-corrected chi connectivity index (χ3v) is 10.7. The molecule has 0 saturated carbocycles. The lowest BCUT2D eigenvalue weighted by atomic mass is 9.81. The van der Waals surface area contributed by atoms with E-state index in [0.29, 0.717) is 0 Å². The molecule has 7 aromatic carbocycles. The molecule has 0 amide bonds. The van der Waals surface area contributed by atoms with E-state index >= 15 is 0 Å². The molecule has 0 atom stereocenters. The van der Waals surface area contributed by atoms with Gasteiger partial charge in [-0.15, -0.1) is 0 Å². The first-order valence-corrected chi connectivity index (χ1v) is 17.5. The van der Waals surface area contributed by atoms with E-state index in [1.807, 2.05) is 6.20 Å². The van der Waals surface area contributed by atoms with E-state index in [1.165, 1.54) is 38.8 Å². The molecule has 0 radical (unpaired) electrons. The molecule has 0 N–H and O–H groups in total. The van der Waals surface area contributed by atoms with E-state index in [9.17, 15) is 0 Å². The number of benzene rings is 7. The Labute approximate surface area is 297 Å². The summed E-state index contributed by atoms with van der Waals surface area (Å²) < 4.78 is 6.60. The third kappa shape index (κ3) is 4.69. The van der Waals surface area contributed by atoms with Crippen LogP contribution < -0.4 is 4.90 Å². The van der Waals surface area contributed by atoms with Gasteiger partial charge >= 0.3 is 0 Å². The molecule has 0 bridgehead atoms. The van der Waals surface area contributed by atoms with Crippen molar-refractivity contribution in [1.82, 2.24) is 4.98 Å². The Balaban J connectivity index is 1.23. The first-order chi connectivity index (χ1) is 25.0. The molecule has 0 spiro atoms. The monoisotopic (exact) mass is 654 g/mol. The maximum atomic E-state index is 6.60. The first kappa shape index (κ1) is 29.5. The van der Waals surface area contributed by atoms with Crippen LogP contribution in [0, 0.1) is 0 Å². The van der Waals surface area contributed by atoms with Crippen LogP contribution in [0.5, 0.6) is 0 Å². The van der Waals surface area contributed by atoms with E-state index in [4.69, 9.17) is 9.40 Å². The van der Waals surface area contributed by atoms with Gasteiger partial charge in [0.25, 0.3) is 0 Å². The van der Waals surface area contributed by atoms with Gasteiger partial charge in [0.05, 0.1) is 5.69 Å². The topological polar surface area (TPSA) is 29.3 Å². The largest absolute Gasteiger partial charge is 0.456 e. The highest BCUT2D eigenvalue weighted by Gasteiger charge is 2.37. The third-order valence-electron chi connectivity index (χ3n) is 10.7. The number of anilines is 3. The van der Waals surface area contributed by atoms with Gasteiger partial charge in [0.2, 0.25) is 0 Å². The van der Waals surface area contributed by atoms with E-state index < -0.39 is 0 Å². The second-order valence-corrected chi connectivity index (χ2v) is 14.0. The Morgan fingerprint density at radius 3 is 1.88 bits per heavy atom. The number of aromatic nitrogens is 1. The van der Waals surface area contributed by atoms with Crippen molar-refractivity contribution in [2.24, 2.45) is 0 Å². The number of nitrogens with zero attached hydrogens (tertiary/aromatic N) is 2. The van der Waals surface area contributed by atoms with E-state index in [2.05, 4.69) is 183 Å². The van der Waals surface area contributed by atoms with Crippen molar-refractivity contribution >= 4 is 49.9 Å². The average Bonchev–Trinajstić information content (AvgIpc) is 3.64. The Morgan fingerprint density at radius 1 is 0.490 bits per heavy atom. The molecule has 0 saturated heterocycles. The summed E-state index contributed by atoms with van der Waals surface area (Å²) in [6.07, 6.45) is 1.98. The highest BCUT2D eigenvalue weighted by Crippen LogP contribution is 2.53. The summed E-state index contributed by atoms with van der Waals surface area (Å²) in [7, 11) is 0. The van der Waals surface area contributed by atoms with E-state index in [0.717, 1.165) is 55.6 Å². The van der Waals surface area contributed by atoms with E-state index in [1.54, 1.807) is 0 Å². The predicted molar refractivity (Wildman–Crippen MR) is 212 cm³/mol. The van der Waals surface area contributed by atoms with E-state index in [-0.39, 0.29) is 5.41 Å². The SMILES string of the molecule is CC1(C)c2ccccc2-c2cc(N(c3ccc(-c4ccccc4)cc3)c3cc4oc5cc6ccccc6cc5c4cn3)c(-c3ccccc3)cc21. The molecule has 1 aliphatic carbocycles. The minimum atomic E-state index is -0.134. The molecule has 2 heterocycles. The maximum absolute atomic E-state index is 6.60. The van der Waals surface area contributed by atoms with Gasteiger partial charge in [0.15, 0.2) is 0 Å². The quantitative estimate of drug-likeness (QED) is 0.185. The van der Waals surface area contributed by atoms with Gasteiger partial charge in [0.1, 0.15) is 17.0 Å². The zero-order valence-electron chi connectivity index (χ0n) is 28.5. The van der Waals surface area contributed by atoms with Gasteiger partial charge in [0, 0.05) is 39.7 Å². The van der Waals surface area contributed by atoms with Gasteiger partial charge in [-0.25, -0.2) is 4.98 Å². The summed E-state index contributed by atoms with van der Waals surface area (Å²) in [5.74, 6) is 0.793. The van der Waals surface area contributed by atoms with Gasteiger partial charge in [-0.3, -0.25) is 4.90 Å². The van der Waals surface area contributed by atoms with Crippen LogP contribution in [-0.2, 0) is 5.41 Å². The van der Waals surface area contributed by atoms with Crippen LogP contribution in [0.15, 0.2) is 174 Å². The Kier molecular flexibility index (Phi) is 6.53. The lowest BCUT2D eigenvalue weighted by molar-refractivity contribution is 0.660. The molecule has 0 aliphatic heterocycles. The van der Waals surface area contributed by atoms with Crippen LogP contribution in [-0.4, -0.2) is 4.98 Å². The maximum Gasteiger partial charge on any atom is 0.141 e. The highest BCUT2D eigenvalue weighted by molar-refractivity contribution is 6.10. The van der Waals surface area contributed by atoms with Gasteiger partial charge in [-0.1, -0.05) is 135 Å². The molecule has 10 rings (SSSR count). The molecule has 9 aromatic rings. The highest BCUT2D eigenvalue weighted by atomic mass is 16.3. The minimum absolute atomic E-state index is 0.134. The lowest BCUT2D eigenvalue weighted by Gasteiger charge is -2.29. The Hall–Kier alpha value is -6.45. The molecule has 51 heavy (non-hydrogen) atoms. The second kappa shape index (κ2) is 11.3. The molecule has 2 aromatic heterocycles. The molecule has 3 heteroatoms. The lowest BCUT2D eigenvalue weighted by Crippen LogP contribution is -2.16. The Morgan fingerprint density at radius 2 is 1.12 bits per heavy atom. The summed E-state index contributed by atoms with van der Waals surface area (Å²) >= 11 is 0. The van der Waals surface area contributed by atoms with Crippen LogP contribution in [0.3, 0.4) is 0 Å². The molecular weight excluding hydrogens is 621 g/mol. The fraction of sp³-hybridized carbons (Fsp3) is 0.0625. The van der Waals surface area contributed by atoms with Crippen molar-refractivity contribution in [2.45, 2.75) is 19.3 Å². The van der Waals surface area contributed by atoms with Crippen molar-refractivity contribution in [3.05, 3.63) is 181 Å². The van der Waals surface area contributed by atoms with Crippen molar-refractivity contribution in [2.75, 3.05) is 4.90 Å². The van der Waals surface area contributed by atoms with Crippen molar-refractivity contribution in [1.29, 1.82) is 0 Å².